The van der Waals surface area contributed by atoms with Crippen molar-refractivity contribution in [1.82, 2.24) is 10.2 Å². The first-order chi connectivity index (χ1) is 11.1. The summed E-state index contributed by atoms with van der Waals surface area (Å²) in [5, 5.41) is 2.29. The van der Waals surface area contributed by atoms with Gasteiger partial charge in [0.1, 0.15) is 11.9 Å². The molecule has 0 aliphatic carbocycles. The number of fused-ring (bicyclic) bond motifs is 2. The van der Waals surface area contributed by atoms with Crippen molar-refractivity contribution in [1.29, 1.82) is 0 Å². The second-order valence-corrected chi connectivity index (χ2v) is 6.20. The Kier molecular flexibility index (Phi) is 4.52. The number of methoxy groups -OCH3 is 1. The molecule has 2 fully saturated rings. The molecule has 2 aliphatic rings. The Morgan fingerprint density at radius 3 is 2.48 bits per heavy atom. The fraction of sp³-hybridized carbons (Fsp3) is 0.529. The van der Waals surface area contributed by atoms with Gasteiger partial charge in [-0.25, -0.2) is 4.79 Å². The van der Waals surface area contributed by atoms with Gasteiger partial charge in [-0.05, 0) is 32.0 Å². The minimum atomic E-state index is -0.685. The second kappa shape index (κ2) is 6.58. The summed E-state index contributed by atoms with van der Waals surface area (Å²) in [5.74, 6) is -0.0847. The molecule has 0 spiro atoms. The maximum atomic E-state index is 12.2. The zero-order chi connectivity index (χ0) is 16.4. The zero-order valence-electron chi connectivity index (χ0n) is 13.5. The van der Waals surface area contributed by atoms with Crippen molar-refractivity contribution in [3.63, 3.8) is 0 Å². The molecule has 6 heteroatoms. The summed E-state index contributed by atoms with van der Waals surface area (Å²) in [4.78, 5) is 26.5. The molecule has 1 N–H and O–H groups in total. The minimum absolute atomic E-state index is 0.117. The van der Waals surface area contributed by atoms with Crippen molar-refractivity contribution < 1.29 is 19.1 Å². The SMILES string of the molecule is COc1ccccc1C(=O)NC(=O)OC1CC2CCC(C1)N2C. The molecule has 124 valence electrons. The average molecular weight is 318 g/mol. The first-order valence-corrected chi connectivity index (χ1v) is 7.95. The summed E-state index contributed by atoms with van der Waals surface area (Å²) >= 11 is 0. The average Bonchev–Trinajstić information content (AvgIpc) is 2.75. The van der Waals surface area contributed by atoms with Gasteiger partial charge >= 0.3 is 6.09 Å². The third kappa shape index (κ3) is 3.32. The number of hydrogen-bond donors (Lipinski definition) is 1. The van der Waals surface area contributed by atoms with Crippen LogP contribution in [0.25, 0.3) is 0 Å². The molecular formula is C17H22N2O4. The molecule has 2 aliphatic heterocycles. The van der Waals surface area contributed by atoms with E-state index < -0.39 is 12.0 Å². The van der Waals surface area contributed by atoms with Crippen molar-refractivity contribution >= 4 is 12.0 Å². The highest BCUT2D eigenvalue weighted by Gasteiger charge is 2.40. The van der Waals surface area contributed by atoms with Crippen LogP contribution in [0.5, 0.6) is 5.75 Å². The van der Waals surface area contributed by atoms with Gasteiger partial charge in [-0.2, -0.15) is 0 Å². The van der Waals surface area contributed by atoms with Crippen LogP contribution >= 0.6 is 0 Å². The minimum Gasteiger partial charge on any atom is -0.496 e. The Labute approximate surface area is 135 Å². The standard InChI is InChI=1S/C17H22N2O4/c1-19-11-7-8-12(19)10-13(9-11)23-17(21)18-16(20)14-5-3-4-6-15(14)22-2/h3-6,11-13H,7-10H2,1-2H3,(H,18,20,21). The number of nitrogens with one attached hydrogen (secondary N) is 1. The number of hydrogen-bond acceptors (Lipinski definition) is 5. The summed E-state index contributed by atoms with van der Waals surface area (Å²) in [6.07, 6.45) is 3.18. The molecule has 6 nitrogen and oxygen atoms in total. The van der Waals surface area contributed by atoms with E-state index in [1.54, 1.807) is 24.3 Å². The van der Waals surface area contributed by atoms with Gasteiger partial charge in [-0.1, -0.05) is 12.1 Å². The van der Waals surface area contributed by atoms with Crippen LogP contribution < -0.4 is 10.1 Å². The molecular weight excluding hydrogens is 296 g/mol. The molecule has 3 rings (SSSR count). The van der Waals surface area contributed by atoms with Gasteiger partial charge in [0.15, 0.2) is 0 Å². The Morgan fingerprint density at radius 2 is 1.83 bits per heavy atom. The topological polar surface area (TPSA) is 67.9 Å². The van der Waals surface area contributed by atoms with Gasteiger partial charge in [0.25, 0.3) is 5.91 Å². The molecule has 2 unspecified atom stereocenters. The lowest BCUT2D eigenvalue weighted by Gasteiger charge is -2.35. The van der Waals surface area contributed by atoms with E-state index in [0.29, 0.717) is 23.4 Å². The monoisotopic (exact) mass is 318 g/mol. The lowest BCUT2D eigenvalue weighted by atomic mass is 10.0. The van der Waals surface area contributed by atoms with E-state index in [9.17, 15) is 9.59 Å². The number of piperidine rings is 1. The number of carbonyl (C=O) groups is 2. The van der Waals surface area contributed by atoms with E-state index in [0.717, 1.165) is 25.7 Å². The fourth-order valence-electron chi connectivity index (χ4n) is 3.63. The summed E-state index contributed by atoms with van der Waals surface area (Å²) < 4.78 is 10.6. The molecule has 2 bridgehead atoms. The maximum Gasteiger partial charge on any atom is 0.414 e. The van der Waals surface area contributed by atoms with Crippen LogP contribution in [0.3, 0.4) is 0 Å². The number of nitrogens with zero attached hydrogens (tertiary/aromatic N) is 1. The smallest absolute Gasteiger partial charge is 0.414 e. The van der Waals surface area contributed by atoms with Crippen molar-refractivity contribution in [3.8, 4) is 5.75 Å². The van der Waals surface area contributed by atoms with Gasteiger partial charge in [-0.3, -0.25) is 10.1 Å². The normalized spacial score (nSPS) is 26.6. The van der Waals surface area contributed by atoms with E-state index in [1.165, 1.54) is 7.11 Å². The third-order valence-electron chi connectivity index (χ3n) is 4.90. The number of alkyl carbamates (subject to hydrolysis) is 1. The molecule has 2 amide bonds. The largest absolute Gasteiger partial charge is 0.496 e. The van der Waals surface area contributed by atoms with Gasteiger partial charge in [0.2, 0.25) is 0 Å². The fourth-order valence-corrected chi connectivity index (χ4v) is 3.63. The Hall–Kier alpha value is -2.08. The first-order valence-electron chi connectivity index (χ1n) is 7.95. The van der Waals surface area contributed by atoms with Crippen molar-refractivity contribution in [2.24, 2.45) is 0 Å². The van der Waals surface area contributed by atoms with Crippen molar-refractivity contribution in [3.05, 3.63) is 29.8 Å². The van der Waals surface area contributed by atoms with Crippen LogP contribution in [0, 0.1) is 0 Å². The van der Waals surface area contributed by atoms with Crippen molar-refractivity contribution in [2.45, 2.75) is 43.9 Å². The number of amides is 2. The molecule has 0 aromatic heterocycles. The van der Waals surface area contributed by atoms with E-state index in [4.69, 9.17) is 9.47 Å². The number of para-hydroxylation sites is 1. The summed E-state index contributed by atoms with van der Waals surface area (Å²) in [6, 6.07) is 7.74. The Balaban J connectivity index is 1.56. The quantitative estimate of drug-likeness (QED) is 0.925. The van der Waals surface area contributed by atoms with Crippen LogP contribution in [0.15, 0.2) is 24.3 Å². The van der Waals surface area contributed by atoms with Gasteiger partial charge in [-0.15, -0.1) is 0 Å². The van der Waals surface area contributed by atoms with Crippen molar-refractivity contribution in [2.75, 3.05) is 14.2 Å². The van der Waals surface area contributed by atoms with Gasteiger partial charge < -0.3 is 14.4 Å². The molecule has 23 heavy (non-hydrogen) atoms. The maximum absolute atomic E-state index is 12.2. The van der Waals surface area contributed by atoms with E-state index in [-0.39, 0.29) is 6.10 Å². The van der Waals surface area contributed by atoms with Gasteiger partial charge in [0, 0.05) is 24.9 Å². The van der Waals surface area contributed by atoms with Crippen LogP contribution in [0.4, 0.5) is 4.79 Å². The predicted octanol–water partition coefficient (Wildman–Crippen LogP) is 2.19. The van der Waals surface area contributed by atoms with Crippen LogP contribution in [-0.2, 0) is 4.74 Å². The molecule has 0 radical (unpaired) electrons. The number of rotatable bonds is 3. The van der Waals surface area contributed by atoms with Gasteiger partial charge in [0.05, 0.1) is 12.7 Å². The number of imide groups is 1. The molecule has 0 saturated carbocycles. The number of carbonyl (C=O) groups excluding carboxylic acids is 2. The molecule has 2 heterocycles. The number of ether oxygens (including phenoxy) is 2. The lowest BCUT2D eigenvalue weighted by molar-refractivity contribution is 0.0283. The highest BCUT2D eigenvalue weighted by Crippen LogP contribution is 2.35. The van der Waals surface area contributed by atoms with E-state index in [2.05, 4.69) is 17.3 Å². The lowest BCUT2D eigenvalue weighted by Crippen LogP contribution is -2.45. The summed E-state index contributed by atoms with van der Waals surface area (Å²) in [6.45, 7) is 0. The molecule has 2 atom stereocenters. The van der Waals surface area contributed by atoms with E-state index >= 15 is 0 Å². The van der Waals surface area contributed by atoms with Crippen LogP contribution in [-0.4, -0.2) is 49.2 Å². The zero-order valence-corrected chi connectivity index (χ0v) is 13.5. The first kappa shape index (κ1) is 15.8. The Bertz CT molecular complexity index is 590. The summed E-state index contributed by atoms with van der Waals surface area (Å²) in [5.41, 5.74) is 0.315. The number of benzene rings is 1. The van der Waals surface area contributed by atoms with E-state index in [1.807, 2.05) is 0 Å². The Morgan fingerprint density at radius 1 is 1.17 bits per heavy atom. The molecule has 1 aromatic rings. The second-order valence-electron chi connectivity index (χ2n) is 6.20. The molecule has 1 aromatic carbocycles. The van der Waals surface area contributed by atoms with Crippen LogP contribution in [0.1, 0.15) is 36.0 Å². The predicted molar refractivity (Wildman–Crippen MR) is 84.5 cm³/mol. The summed E-state index contributed by atoms with van der Waals surface area (Å²) in [7, 11) is 3.61. The van der Waals surface area contributed by atoms with Crippen LogP contribution in [0.2, 0.25) is 0 Å². The molecule has 2 saturated heterocycles. The third-order valence-corrected chi connectivity index (χ3v) is 4.90. The highest BCUT2D eigenvalue weighted by molar-refractivity contribution is 6.04. The highest BCUT2D eigenvalue weighted by atomic mass is 16.6.